The average Bonchev–Trinajstić information content (AvgIpc) is 2.57. The largest absolute Gasteiger partial charge is 0.506 e. The summed E-state index contributed by atoms with van der Waals surface area (Å²) in [6.45, 7) is 0. The van der Waals surface area contributed by atoms with E-state index in [0.29, 0.717) is 5.39 Å². The summed E-state index contributed by atoms with van der Waals surface area (Å²) in [7, 11) is 0. The summed E-state index contributed by atoms with van der Waals surface area (Å²) in [5.41, 5.74) is -0.838. The minimum Gasteiger partial charge on any atom is -0.506 e. The van der Waals surface area contributed by atoms with E-state index in [0.717, 1.165) is 18.2 Å². The highest BCUT2D eigenvalue weighted by atomic mass is 35.5. The summed E-state index contributed by atoms with van der Waals surface area (Å²) in [6, 6.07) is 9.27. The Morgan fingerprint density at radius 3 is 2.68 bits per heavy atom. The smallest absolute Gasteiger partial charge is 0.291 e. The Labute approximate surface area is 144 Å². The highest BCUT2D eigenvalue weighted by molar-refractivity contribution is 6.33. The third-order valence-corrected chi connectivity index (χ3v) is 3.67. The van der Waals surface area contributed by atoms with E-state index in [4.69, 9.17) is 16.0 Å². The lowest BCUT2D eigenvalue weighted by atomic mass is 10.2. The van der Waals surface area contributed by atoms with E-state index < -0.39 is 27.7 Å². The quantitative estimate of drug-likeness (QED) is 0.419. The molecule has 0 atom stereocenters. The molecule has 0 bridgehead atoms. The number of fused-ring (bicyclic) bond motifs is 1. The molecule has 1 heterocycles. The van der Waals surface area contributed by atoms with Crippen LogP contribution in [0.1, 0.15) is 10.6 Å². The van der Waals surface area contributed by atoms with Gasteiger partial charge in [0.1, 0.15) is 16.4 Å². The van der Waals surface area contributed by atoms with Crippen LogP contribution in [-0.4, -0.2) is 15.9 Å². The molecule has 126 valence electrons. The number of carbonyl (C=O) groups excluding carboxylic acids is 1. The van der Waals surface area contributed by atoms with Crippen LogP contribution in [-0.2, 0) is 0 Å². The summed E-state index contributed by atoms with van der Waals surface area (Å²) in [6.07, 6.45) is 0. The molecule has 0 aliphatic carbocycles. The first-order chi connectivity index (χ1) is 11.9. The van der Waals surface area contributed by atoms with Crippen molar-refractivity contribution in [2.45, 2.75) is 0 Å². The molecule has 0 saturated heterocycles. The summed E-state index contributed by atoms with van der Waals surface area (Å²) < 4.78 is 5.37. The Hall–Kier alpha value is -3.39. The number of halogens is 1. The van der Waals surface area contributed by atoms with Crippen LogP contribution in [0.15, 0.2) is 51.7 Å². The van der Waals surface area contributed by atoms with Gasteiger partial charge in [-0.3, -0.25) is 19.7 Å². The van der Waals surface area contributed by atoms with Crippen molar-refractivity contribution in [1.29, 1.82) is 0 Å². The number of phenolic OH excluding ortho intramolecular Hbond substituents is 1. The number of phenols is 1. The molecular formula is C16H9ClN2O6. The van der Waals surface area contributed by atoms with Gasteiger partial charge in [0, 0.05) is 6.07 Å². The number of carbonyl (C=O) groups is 1. The van der Waals surface area contributed by atoms with Gasteiger partial charge < -0.3 is 14.8 Å². The van der Waals surface area contributed by atoms with Gasteiger partial charge in [-0.15, -0.1) is 0 Å². The Morgan fingerprint density at radius 1 is 1.24 bits per heavy atom. The number of hydrogen-bond donors (Lipinski definition) is 2. The van der Waals surface area contributed by atoms with Crippen molar-refractivity contribution in [3.63, 3.8) is 0 Å². The maximum Gasteiger partial charge on any atom is 0.291 e. The summed E-state index contributed by atoms with van der Waals surface area (Å²) in [4.78, 5) is 34.3. The van der Waals surface area contributed by atoms with Crippen LogP contribution >= 0.6 is 11.6 Å². The molecule has 2 N–H and O–H groups in total. The third-order valence-electron chi connectivity index (χ3n) is 3.37. The van der Waals surface area contributed by atoms with Gasteiger partial charge in [-0.05, 0) is 18.2 Å². The summed E-state index contributed by atoms with van der Waals surface area (Å²) in [5.74, 6) is -1.65. The average molecular weight is 361 g/mol. The molecule has 25 heavy (non-hydrogen) atoms. The molecule has 8 nitrogen and oxygen atoms in total. The molecule has 1 aromatic heterocycles. The van der Waals surface area contributed by atoms with Crippen molar-refractivity contribution in [3.8, 4) is 5.75 Å². The second kappa shape index (κ2) is 6.25. The Kier molecular flexibility index (Phi) is 4.12. The van der Waals surface area contributed by atoms with E-state index in [2.05, 4.69) is 5.32 Å². The number of amides is 1. The van der Waals surface area contributed by atoms with E-state index in [1.807, 2.05) is 0 Å². The van der Waals surface area contributed by atoms with E-state index in [1.165, 1.54) is 6.07 Å². The fourth-order valence-electron chi connectivity index (χ4n) is 2.19. The number of nitrogens with zero attached hydrogens (tertiary/aromatic N) is 1. The highest BCUT2D eigenvalue weighted by Gasteiger charge is 2.19. The van der Waals surface area contributed by atoms with Crippen molar-refractivity contribution in [1.82, 2.24) is 0 Å². The number of nitrogens with one attached hydrogen (secondary N) is 1. The lowest BCUT2D eigenvalue weighted by molar-refractivity contribution is -0.384. The van der Waals surface area contributed by atoms with Crippen LogP contribution in [0.3, 0.4) is 0 Å². The van der Waals surface area contributed by atoms with E-state index >= 15 is 0 Å². The fourth-order valence-corrected chi connectivity index (χ4v) is 2.42. The van der Waals surface area contributed by atoms with Crippen LogP contribution in [0.4, 0.5) is 11.4 Å². The standard InChI is InChI=1S/C16H9ClN2O6/c17-9-5-10(13(21)6-11(9)19(23)24)18-16(22)15-7-12(20)8-3-1-2-4-14(8)25-15/h1-7,21H,(H,18,22). The number of benzene rings is 2. The predicted octanol–water partition coefficient (Wildman–Crippen LogP) is 3.31. The van der Waals surface area contributed by atoms with Gasteiger partial charge in [-0.1, -0.05) is 23.7 Å². The van der Waals surface area contributed by atoms with Gasteiger partial charge in [0.05, 0.1) is 22.1 Å². The molecule has 0 saturated carbocycles. The zero-order valence-corrected chi connectivity index (χ0v) is 13.1. The van der Waals surface area contributed by atoms with Crippen molar-refractivity contribution in [2.24, 2.45) is 0 Å². The van der Waals surface area contributed by atoms with Gasteiger partial charge in [0.15, 0.2) is 11.2 Å². The van der Waals surface area contributed by atoms with Crippen LogP contribution < -0.4 is 10.7 Å². The first-order valence-corrected chi connectivity index (χ1v) is 7.26. The number of nitro benzene ring substituents is 1. The van der Waals surface area contributed by atoms with Crippen molar-refractivity contribution >= 4 is 39.9 Å². The number of anilines is 1. The van der Waals surface area contributed by atoms with Gasteiger partial charge in [0.2, 0.25) is 0 Å². The second-order valence-electron chi connectivity index (χ2n) is 5.00. The van der Waals surface area contributed by atoms with Crippen molar-refractivity contribution in [2.75, 3.05) is 5.32 Å². The SMILES string of the molecule is O=C(Nc1cc(Cl)c([N+](=O)[O-])cc1O)c1cc(=O)c2ccccc2o1. The molecule has 9 heteroatoms. The molecule has 3 rings (SSSR count). The molecule has 0 fully saturated rings. The zero-order valence-electron chi connectivity index (χ0n) is 12.4. The van der Waals surface area contributed by atoms with Gasteiger partial charge in [0.25, 0.3) is 11.6 Å². The first-order valence-electron chi connectivity index (χ1n) is 6.88. The topological polar surface area (TPSA) is 123 Å². The van der Waals surface area contributed by atoms with Gasteiger partial charge in [-0.25, -0.2) is 0 Å². The number of aromatic hydroxyl groups is 1. The minimum atomic E-state index is -0.817. The van der Waals surface area contributed by atoms with Crippen molar-refractivity contribution in [3.05, 3.63) is 73.6 Å². The first kappa shape index (κ1) is 16.5. The van der Waals surface area contributed by atoms with Crippen molar-refractivity contribution < 1.29 is 19.2 Å². The van der Waals surface area contributed by atoms with E-state index in [1.54, 1.807) is 18.2 Å². The Bertz CT molecular complexity index is 1080. The Morgan fingerprint density at radius 2 is 1.96 bits per heavy atom. The lowest BCUT2D eigenvalue weighted by Crippen LogP contribution is -2.15. The molecule has 0 aliphatic rings. The molecule has 0 unspecified atom stereocenters. The zero-order chi connectivity index (χ0) is 18.1. The molecule has 0 radical (unpaired) electrons. The molecule has 2 aromatic carbocycles. The lowest BCUT2D eigenvalue weighted by Gasteiger charge is -2.08. The molecule has 1 amide bonds. The molecule has 3 aromatic rings. The predicted molar refractivity (Wildman–Crippen MR) is 90.2 cm³/mol. The number of para-hydroxylation sites is 1. The van der Waals surface area contributed by atoms with Crippen LogP contribution in [0, 0.1) is 10.1 Å². The maximum absolute atomic E-state index is 12.3. The number of nitro groups is 1. The number of hydrogen-bond acceptors (Lipinski definition) is 6. The highest BCUT2D eigenvalue weighted by Crippen LogP contribution is 2.35. The maximum atomic E-state index is 12.3. The van der Waals surface area contributed by atoms with Gasteiger partial charge >= 0.3 is 0 Å². The van der Waals surface area contributed by atoms with Crippen LogP contribution in [0.2, 0.25) is 5.02 Å². The van der Waals surface area contributed by atoms with Crippen LogP contribution in [0.25, 0.3) is 11.0 Å². The second-order valence-corrected chi connectivity index (χ2v) is 5.41. The summed E-state index contributed by atoms with van der Waals surface area (Å²) >= 11 is 5.75. The van der Waals surface area contributed by atoms with E-state index in [-0.39, 0.29) is 22.1 Å². The summed E-state index contributed by atoms with van der Waals surface area (Å²) in [5, 5.41) is 22.9. The molecule has 0 spiro atoms. The molecular weight excluding hydrogens is 352 g/mol. The number of rotatable bonds is 3. The molecule has 0 aliphatic heterocycles. The van der Waals surface area contributed by atoms with Gasteiger partial charge in [-0.2, -0.15) is 0 Å². The van der Waals surface area contributed by atoms with Crippen LogP contribution in [0.5, 0.6) is 5.75 Å². The van der Waals surface area contributed by atoms with E-state index in [9.17, 15) is 24.8 Å². The third kappa shape index (κ3) is 3.15. The normalized spacial score (nSPS) is 10.6. The fraction of sp³-hybridized carbons (Fsp3) is 0. The monoisotopic (exact) mass is 360 g/mol. The minimum absolute atomic E-state index is 0.156. The Balaban J connectivity index is 1.97.